The highest BCUT2D eigenvalue weighted by Crippen LogP contribution is 2.02. The van der Waals surface area contributed by atoms with Gasteiger partial charge in [-0.1, -0.05) is 39.5 Å². The minimum atomic E-state index is -1.79. The molecular formula is C15H32O7. The van der Waals surface area contributed by atoms with Crippen molar-refractivity contribution in [1.29, 1.82) is 0 Å². The number of carbonyl (C=O) groups excluding carboxylic acids is 2. The van der Waals surface area contributed by atoms with Gasteiger partial charge in [0.25, 0.3) is 0 Å². The standard InChI is InChI=1S/C6H12O6.C6H14.C3H6O/c7-1-3(9)5(11)6(12)4(10)2-8;1-3-5-6-4-2;1-3(2)4/h1,3-6,8-12H,2H2;3-6H2,1-2H3;1-2H3. The van der Waals surface area contributed by atoms with E-state index >= 15 is 0 Å². The van der Waals surface area contributed by atoms with E-state index in [0.29, 0.717) is 0 Å². The molecule has 0 amide bonds. The summed E-state index contributed by atoms with van der Waals surface area (Å²) in [5.41, 5.74) is 0. The molecule has 0 aromatic carbocycles. The summed E-state index contributed by atoms with van der Waals surface area (Å²) in [6, 6.07) is 0. The van der Waals surface area contributed by atoms with Crippen LogP contribution in [-0.2, 0) is 9.59 Å². The van der Waals surface area contributed by atoms with E-state index in [2.05, 4.69) is 13.8 Å². The quantitative estimate of drug-likeness (QED) is 0.308. The Kier molecular flexibility index (Phi) is 21.5. The number of aliphatic hydroxyl groups excluding tert-OH is 5. The summed E-state index contributed by atoms with van der Waals surface area (Å²) in [5.74, 6) is 0.167. The zero-order valence-electron chi connectivity index (χ0n) is 14.0. The van der Waals surface area contributed by atoms with Gasteiger partial charge in [-0.25, -0.2) is 0 Å². The third-order valence-electron chi connectivity index (χ3n) is 2.38. The van der Waals surface area contributed by atoms with Gasteiger partial charge in [0.1, 0.15) is 30.2 Å². The first-order valence-electron chi connectivity index (χ1n) is 7.44. The zero-order valence-corrected chi connectivity index (χ0v) is 14.0. The first-order chi connectivity index (χ1) is 10.2. The number of Topliss-reactive ketones (excluding diaryl/α,β-unsaturated/α-hetero) is 1. The van der Waals surface area contributed by atoms with Crippen LogP contribution >= 0.6 is 0 Å². The van der Waals surface area contributed by atoms with Crippen molar-refractivity contribution in [2.45, 2.75) is 77.8 Å². The lowest BCUT2D eigenvalue weighted by molar-refractivity contribution is -0.136. The summed E-state index contributed by atoms with van der Waals surface area (Å²) in [7, 11) is 0. The molecular weight excluding hydrogens is 292 g/mol. The van der Waals surface area contributed by atoms with Gasteiger partial charge in [0.15, 0.2) is 6.29 Å². The number of carbonyl (C=O) groups is 2. The van der Waals surface area contributed by atoms with Crippen molar-refractivity contribution in [2.75, 3.05) is 6.61 Å². The fourth-order valence-electron chi connectivity index (χ4n) is 1.12. The maximum absolute atomic E-state index is 9.90. The molecule has 7 nitrogen and oxygen atoms in total. The third-order valence-corrected chi connectivity index (χ3v) is 2.38. The van der Waals surface area contributed by atoms with Crippen LogP contribution in [0.15, 0.2) is 0 Å². The highest BCUT2D eigenvalue weighted by atomic mass is 16.4. The molecule has 0 fully saturated rings. The lowest BCUT2D eigenvalue weighted by Gasteiger charge is -2.22. The topological polar surface area (TPSA) is 135 Å². The molecule has 0 rings (SSSR count). The second-order valence-corrected chi connectivity index (χ2v) is 4.97. The predicted molar refractivity (Wildman–Crippen MR) is 83.3 cm³/mol. The van der Waals surface area contributed by atoms with Gasteiger partial charge in [-0.05, 0) is 13.8 Å². The van der Waals surface area contributed by atoms with Gasteiger partial charge in [-0.15, -0.1) is 0 Å². The van der Waals surface area contributed by atoms with Crippen LogP contribution in [-0.4, -0.2) is 68.6 Å². The van der Waals surface area contributed by atoms with Crippen LogP contribution < -0.4 is 0 Å². The lowest BCUT2D eigenvalue weighted by atomic mass is 10.0. The normalized spacial score (nSPS) is 15.1. The third kappa shape index (κ3) is 19.1. The van der Waals surface area contributed by atoms with Crippen LogP contribution in [0.5, 0.6) is 0 Å². The van der Waals surface area contributed by atoms with Gasteiger partial charge < -0.3 is 35.1 Å². The van der Waals surface area contributed by atoms with Gasteiger partial charge in [-0.2, -0.15) is 0 Å². The maximum atomic E-state index is 9.90. The number of hydrogen-bond acceptors (Lipinski definition) is 7. The minimum absolute atomic E-state index is 0.0258. The Morgan fingerprint density at radius 1 is 0.955 bits per heavy atom. The van der Waals surface area contributed by atoms with Crippen LogP contribution in [0.4, 0.5) is 0 Å². The molecule has 5 N–H and O–H groups in total. The number of aliphatic hydroxyl groups is 5. The first kappa shape index (κ1) is 26.1. The molecule has 0 bridgehead atoms. The molecule has 0 spiro atoms. The maximum Gasteiger partial charge on any atom is 0.151 e. The van der Waals surface area contributed by atoms with Crippen LogP contribution in [0.3, 0.4) is 0 Å². The highest BCUT2D eigenvalue weighted by molar-refractivity contribution is 5.72. The predicted octanol–water partition coefficient (Wildman–Crippen LogP) is -0.197. The molecule has 0 saturated heterocycles. The average molecular weight is 324 g/mol. The molecule has 0 heterocycles. The Morgan fingerprint density at radius 3 is 1.55 bits per heavy atom. The molecule has 22 heavy (non-hydrogen) atoms. The number of unbranched alkanes of at least 4 members (excludes halogenated alkanes) is 3. The Morgan fingerprint density at radius 2 is 1.32 bits per heavy atom. The second kappa shape index (κ2) is 18.2. The fourth-order valence-corrected chi connectivity index (χ4v) is 1.12. The van der Waals surface area contributed by atoms with E-state index in [-0.39, 0.29) is 12.1 Å². The number of ketones is 1. The van der Waals surface area contributed by atoms with Gasteiger partial charge in [0, 0.05) is 0 Å². The SMILES string of the molecule is CC(C)=O.CCCCCC.O=CC(O)C(O)C(O)C(O)CO. The Bertz CT molecular complexity index is 250. The molecule has 0 aliphatic heterocycles. The number of hydrogen-bond donors (Lipinski definition) is 5. The Balaban J connectivity index is -0.000000300. The van der Waals surface area contributed by atoms with Crippen LogP contribution in [0, 0.1) is 0 Å². The lowest BCUT2D eigenvalue weighted by Crippen LogP contribution is -2.46. The molecule has 0 aromatic heterocycles. The molecule has 7 heteroatoms. The van der Waals surface area contributed by atoms with E-state index in [0.717, 1.165) is 0 Å². The van der Waals surface area contributed by atoms with Crippen LogP contribution in [0.2, 0.25) is 0 Å². The van der Waals surface area contributed by atoms with Crippen molar-refractivity contribution in [3.05, 3.63) is 0 Å². The average Bonchev–Trinajstić information content (AvgIpc) is 2.49. The first-order valence-corrected chi connectivity index (χ1v) is 7.44. The molecule has 0 aromatic rings. The number of aldehydes is 1. The summed E-state index contributed by atoms with van der Waals surface area (Å²) < 4.78 is 0. The van der Waals surface area contributed by atoms with Gasteiger partial charge in [0.2, 0.25) is 0 Å². The molecule has 0 aliphatic rings. The highest BCUT2D eigenvalue weighted by Gasteiger charge is 2.29. The summed E-state index contributed by atoms with van der Waals surface area (Å²) in [5, 5.41) is 43.5. The summed E-state index contributed by atoms with van der Waals surface area (Å²) in [4.78, 5) is 19.3. The summed E-state index contributed by atoms with van der Waals surface area (Å²) in [6.45, 7) is 6.76. The van der Waals surface area contributed by atoms with Crippen molar-refractivity contribution in [3.63, 3.8) is 0 Å². The van der Waals surface area contributed by atoms with E-state index < -0.39 is 31.0 Å². The molecule has 0 radical (unpaired) electrons. The Labute approximate surface area is 132 Å². The van der Waals surface area contributed by atoms with E-state index in [1.165, 1.54) is 39.5 Å². The second-order valence-electron chi connectivity index (χ2n) is 4.97. The van der Waals surface area contributed by atoms with Gasteiger partial charge >= 0.3 is 0 Å². The molecule has 134 valence electrons. The fraction of sp³-hybridized carbons (Fsp3) is 0.867. The Hall–Kier alpha value is -0.860. The van der Waals surface area contributed by atoms with Crippen molar-refractivity contribution < 1.29 is 35.1 Å². The van der Waals surface area contributed by atoms with Gasteiger partial charge in [0.05, 0.1) is 6.61 Å². The minimum Gasteiger partial charge on any atom is -0.394 e. The molecule has 4 atom stereocenters. The van der Waals surface area contributed by atoms with E-state index in [1.54, 1.807) is 0 Å². The van der Waals surface area contributed by atoms with Crippen molar-refractivity contribution in [3.8, 4) is 0 Å². The monoisotopic (exact) mass is 324 g/mol. The number of rotatable bonds is 8. The molecule has 0 saturated carbocycles. The zero-order chi connectivity index (χ0) is 18.1. The van der Waals surface area contributed by atoms with Crippen LogP contribution in [0.25, 0.3) is 0 Å². The van der Waals surface area contributed by atoms with E-state index in [1.807, 2.05) is 0 Å². The molecule has 4 unspecified atom stereocenters. The van der Waals surface area contributed by atoms with E-state index in [4.69, 9.17) is 25.5 Å². The largest absolute Gasteiger partial charge is 0.394 e. The smallest absolute Gasteiger partial charge is 0.151 e. The summed E-state index contributed by atoms with van der Waals surface area (Å²) in [6.07, 6.45) is -1.30. The van der Waals surface area contributed by atoms with Crippen molar-refractivity contribution >= 4 is 12.1 Å². The van der Waals surface area contributed by atoms with Crippen molar-refractivity contribution in [2.24, 2.45) is 0 Å². The van der Waals surface area contributed by atoms with E-state index in [9.17, 15) is 9.59 Å². The molecule has 0 aliphatic carbocycles. The van der Waals surface area contributed by atoms with Crippen LogP contribution in [0.1, 0.15) is 53.4 Å². The van der Waals surface area contributed by atoms with Crippen molar-refractivity contribution in [1.82, 2.24) is 0 Å². The van der Waals surface area contributed by atoms with Gasteiger partial charge in [-0.3, -0.25) is 0 Å². The summed E-state index contributed by atoms with van der Waals surface area (Å²) >= 11 is 0.